The summed E-state index contributed by atoms with van der Waals surface area (Å²) in [6.45, 7) is 8.34. The molecule has 2 heterocycles. The molecule has 0 aromatic carbocycles. The van der Waals surface area contributed by atoms with Gasteiger partial charge in [0.2, 0.25) is 0 Å². The van der Waals surface area contributed by atoms with E-state index in [-0.39, 0.29) is 0 Å². The lowest BCUT2D eigenvalue weighted by atomic mass is 10.2. The number of nitrogens with one attached hydrogen (secondary N) is 2. The number of hydrogen-bond donors (Lipinski definition) is 2. The van der Waals surface area contributed by atoms with Gasteiger partial charge in [0.1, 0.15) is 5.82 Å². The van der Waals surface area contributed by atoms with Gasteiger partial charge >= 0.3 is 0 Å². The molecule has 132 valence electrons. The van der Waals surface area contributed by atoms with E-state index >= 15 is 0 Å². The highest BCUT2D eigenvalue weighted by Gasteiger charge is 2.07. The van der Waals surface area contributed by atoms with Gasteiger partial charge in [-0.2, -0.15) is 0 Å². The Morgan fingerprint density at radius 3 is 2.79 bits per heavy atom. The first-order chi connectivity index (χ1) is 11.6. The maximum absolute atomic E-state index is 4.32. The van der Waals surface area contributed by atoms with Gasteiger partial charge in [-0.15, -0.1) is 11.3 Å². The Morgan fingerprint density at radius 2 is 2.17 bits per heavy atom. The zero-order valence-corrected chi connectivity index (χ0v) is 16.0. The van der Waals surface area contributed by atoms with E-state index in [1.165, 1.54) is 9.75 Å². The Hall–Kier alpha value is -1.82. The summed E-state index contributed by atoms with van der Waals surface area (Å²) in [6, 6.07) is 4.76. The van der Waals surface area contributed by atoms with Gasteiger partial charge in [0.15, 0.2) is 5.96 Å². The van der Waals surface area contributed by atoms with Crippen LogP contribution in [0.3, 0.4) is 0 Å². The van der Waals surface area contributed by atoms with Crippen LogP contribution in [0.1, 0.15) is 35.3 Å². The molecule has 5 nitrogen and oxygen atoms in total. The molecule has 0 bridgehead atoms. The van der Waals surface area contributed by atoms with Crippen LogP contribution in [-0.2, 0) is 13.0 Å². The molecule has 0 saturated heterocycles. The largest absolute Gasteiger partial charge is 0.356 e. The molecule has 2 N–H and O–H groups in total. The van der Waals surface area contributed by atoms with Crippen molar-refractivity contribution >= 4 is 17.3 Å². The van der Waals surface area contributed by atoms with E-state index in [4.69, 9.17) is 0 Å². The van der Waals surface area contributed by atoms with Crippen molar-refractivity contribution in [2.24, 2.45) is 4.99 Å². The number of aromatic nitrogens is 2. The molecule has 0 aliphatic heterocycles. The molecule has 0 aliphatic carbocycles. The molecule has 2 aromatic heterocycles. The van der Waals surface area contributed by atoms with Crippen LogP contribution in [0.15, 0.2) is 29.5 Å². The van der Waals surface area contributed by atoms with E-state index < -0.39 is 0 Å². The number of guanidine groups is 1. The Kier molecular flexibility index (Phi) is 7.31. The molecule has 2 aromatic rings. The molecule has 24 heavy (non-hydrogen) atoms. The van der Waals surface area contributed by atoms with Crippen LogP contribution in [0.2, 0.25) is 0 Å². The summed E-state index contributed by atoms with van der Waals surface area (Å²) >= 11 is 1.87. The van der Waals surface area contributed by atoms with Gasteiger partial charge in [-0.3, -0.25) is 4.99 Å². The fourth-order valence-electron chi connectivity index (χ4n) is 2.63. The molecule has 2 rings (SSSR count). The van der Waals surface area contributed by atoms with Crippen LogP contribution >= 0.6 is 11.3 Å². The van der Waals surface area contributed by atoms with Crippen molar-refractivity contribution in [2.75, 3.05) is 13.6 Å². The third kappa shape index (κ3) is 6.00. The van der Waals surface area contributed by atoms with Crippen molar-refractivity contribution in [3.8, 4) is 0 Å². The molecule has 0 amide bonds. The van der Waals surface area contributed by atoms with E-state index in [2.05, 4.69) is 51.2 Å². The lowest BCUT2D eigenvalue weighted by Crippen LogP contribution is -2.43. The van der Waals surface area contributed by atoms with Crippen LogP contribution in [0.4, 0.5) is 0 Å². The molecule has 0 saturated carbocycles. The minimum absolute atomic E-state index is 0.364. The maximum atomic E-state index is 4.32. The van der Waals surface area contributed by atoms with Crippen LogP contribution in [0.5, 0.6) is 0 Å². The molecule has 1 unspecified atom stereocenters. The average Bonchev–Trinajstić information content (AvgIpc) is 3.14. The Bertz CT molecular complexity index is 643. The highest BCUT2D eigenvalue weighted by molar-refractivity contribution is 7.11. The first kappa shape index (κ1) is 18.5. The molecular formula is C18H29N5S. The van der Waals surface area contributed by atoms with Crippen LogP contribution in [0, 0.1) is 13.8 Å². The molecule has 0 aliphatic rings. The molecular weight excluding hydrogens is 318 g/mol. The first-order valence-corrected chi connectivity index (χ1v) is 9.40. The van der Waals surface area contributed by atoms with Crippen molar-refractivity contribution in [3.63, 3.8) is 0 Å². The number of unbranched alkanes of at least 4 members (excludes halogenated alkanes) is 1. The summed E-state index contributed by atoms with van der Waals surface area (Å²) in [5, 5.41) is 6.87. The van der Waals surface area contributed by atoms with Gasteiger partial charge in [0.25, 0.3) is 0 Å². The van der Waals surface area contributed by atoms with Gasteiger partial charge in [-0.1, -0.05) is 0 Å². The molecule has 6 heteroatoms. The average molecular weight is 348 g/mol. The third-order valence-corrected chi connectivity index (χ3v) is 4.97. The number of rotatable bonds is 8. The minimum atomic E-state index is 0.364. The molecule has 0 fully saturated rings. The van der Waals surface area contributed by atoms with Crippen molar-refractivity contribution in [2.45, 2.75) is 52.6 Å². The first-order valence-electron chi connectivity index (χ1n) is 8.58. The topological polar surface area (TPSA) is 54.2 Å². The number of nitrogens with zero attached hydrogens (tertiary/aromatic N) is 3. The zero-order chi connectivity index (χ0) is 17.4. The van der Waals surface area contributed by atoms with Crippen molar-refractivity contribution < 1.29 is 0 Å². The van der Waals surface area contributed by atoms with E-state index in [9.17, 15) is 0 Å². The summed E-state index contributed by atoms with van der Waals surface area (Å²) in [6.07, 6.45) is 7.16. The van der Waals surface area contributed by atoms with Crippen LogP contribution in [0.25, 0.3) is 0 Å². The fourth-order valence-corrected chi connectivity index (χ4v) is 3.65. The van der Waals surface area contributed by atoms with Crippen molar-refractivity contribution in [1.29, 1.82) is 0 Å². The summed E-state index contributed by atoms with van der Waals surface area (Å²) in [7, 11) is 1.83. The monoisotopic (exact) mass is 347 g/mol. The number of hydrogen-bond acceptors (Lipinski definition) is 3. The quantitative estimate of drug-likeness (QED) is 0.438. The number of aryl methyl sites for hydroxylation is 3. The third-order valence-electron chi connectivity index (χ3n) is 3.95. The Morgan fingerprint density at radius 1 is 1.33 bits per heavy atom. The SMILES string of the molecule is CN=C(NCCCCn1ccnc1C)NC(C)Cc1ccc(C)s1. The Balaban J connectivity index is 1.64. The predicted octanol–water partition coefficient (Wildman–Crippen LogP) is 3.14. The molecule has 1 atom stereocenters. The minimum Gasteiger partial charge on any atom is -0.356 e. The molecule has 0 radical (unpaired) electrons. The second-order valence-corrected chi connectivity index (χ2v) is 7.51. The van der Waals surface area contributed by atoms with Crippen LogP contribution in [-0.4, -0.2) is 35.1 Å². The summed E-state index contributed by atoms with van der Waals surface area (Å²) < 4.78 is 2.19. The van der Waals surface area contributed by atoms with Gasteiger partial charge in [0.05, 0.1) is 0 Å². The second-order valence-electron chi connectivity index (χ2n) is 6.14. The zero-order valence-electron chi connectivity index (χ0n) is 15.2. The van der Waals surface area contributed by atoms with Gasteiger partial charge in [0, 0.05) is 54.7 Å². The lowest BCUT2D eigenvalue weighted by molar-refractivity contribution is 0.582. The Labute approximate surface area is 149 Å². The van der Waals surface area contributed by atoms with Crippen LogP contribution < -0.4 is 10.6 Å². The fraction of sp³-hybridized carbons (Fsp3) is 0.556. The van der Waals surface area contributed by atoms with Crippen molar-refractivity contribution in [3.05, 3.63) is 40.1 Å². The standard InChI is InChI=1S/C18H29N5S/c1-14(13-17-8-7-15(2)24-17)22-18(19-4)21-9-5-6-11-23-12-10-20-16(23)3/h7-8,10,12,14H,5-6,9,11,13H2,1-4H3,(H2,19,21,22). The highest BCUT2D eigenvalue weighted by atomic mass is 32.1. The van der Waals surface area contributed by atoms with Gasteiger partial charge < -0.3 is 15.2 Å². The second kappa shape index (κ2) is 9.47. The van der Waals surface area contributed by atoms with E-state index in [0.29, 0.717) is 6.04 Å². The van der Waals surface area contributed by atoms with Gasteiger partial charge in [-0.05, 0) is 45.7 Å². The maximum Gasteiger partial charge on any atom is 0.191 e. The van der Waals surface area contributed by atoms with E-state index in [1.54, 1.807) is 0 Å². The number of thiophene rings is 1. The lowest BCUT2D eigenvalue weighted by Gasteiger charge is -2.17. The van der Waals surface area contributed by atoms with Gasteiger partial charge in [-0.25, -0.2) is 4.98 Å². The van der Waals surface area contributed by atoms with E-state index in [1.807, 2.05) is 37.7 Å². The molecule has 0 spiro atoms. The predicted molar refractivity (Wildman–Crippen MR) is 103 cm³/mol. The highest BCUT2D eigenvalue weighted by Crippen LogP contribution is 2.16. The van der Waals surface area contributed by atoms with E-state index in [0.717, 1.165) is 44.1 Å². The smallest absolute Gasteiger partial charge is 0.191 e. The summed E-state index contributed by atoms with van der Waals surface area (Å²) in [4.78, 5) is 11.3. The summed E-state index contributed by atoms with van der Waals surface area (Å²) in [5.74, 6) is 1.97. The number of aliphatic imine (C=N–C) groups is 1. The summed E-state index contributed by atoms with van der Waals surface area (Å²) in [5.41, 5.74) is 0. The van der Waals surface area contributed by atoms with Crippen molar-refractivity contribution in [1.82, 2.24) is 20.2 Å². The normalized spacial score (nSPS) is 13.1. The number of imidazole rings is 1.